The lowest BCUT2D eigenvalue weighted by molar-refractivity contribution is 1.06. The first-order valence-corrected chi connectivity index (χ1v) is 9.86. The molecule has 0 aliphatic heterocycles. The topological polar surface area (TPSA) is 0 Å². The van der Waals surface area contributed by atoms with Gasteiger partial charge in [-0.3, -0.25) is 0 Å². The van der Waals surface area contributed by atoms with Crippen LogP contribution in [0.1, 0.15) is 11.1 Å². The van der Waals surface area contributed by atoms with E-state index in [1.165, 1.54) is 22.0 Å². The maximum atomic E-state index is 2.27. The van der Waals surface area contributed by atoms with Crippen molar-refractivity contribution in [3.63, 3.8) is 0 Å². The average Bonchev–Trinajstić information content (AvgIpc) is 2.61. The Morgan fingerprint density at radius 2 is 1.09 bits per heavy atom. The van der Waals surface area contributed by atoms with Crippen molar-refractivity contribution in [1.82, 2.24) is 0 Å². The van der Waals surface area contributed by atoms with Crippen molar-refractivity contribution in [2.45, 2.75) is 11.6 Å². The zero-order chi connectivity index (χ0) is 15.0. The van der Waals surface area contributed by atoms with Gasteiger partial charge in [-0.1, -0.05) is 107 Å². The molecule has 1 atom stereocenters. The highest BCUT2D eigenvalue weighted by Gasteiger charge is 2.14. The monoisotopic (exact) mass is 314 g/mol. The van der Waals surface area contributed by atoms with Gasteiger partial charge in [0.1, 0.15) is 0 Å². The van der Waals surface area contributed by atoms with Crippen LogP contribution in [0.15, 0.2) is 91.0 Å². The Balaban J connectivity index is 1.74. The summed E-state index contributed by atoms with van der Waals surface area (Å²) in [5.41, 5.74) is 2.08. The Bertz CT molecular complexity index is 666. The summed E-state index contributed by atoms with van der Waals surface area (Å²) in [5.74, 6) is 0. The molecule has 0 spiro atoms. The molecule has 0 aliphatic carbocycles. The number of rotatable bonds is 6. The summed E-state index contributed by atoms with van der Waals surface area (Å²) in [7, 11) is 1.70. The molecule has 0 nitrogen and oxygen atoms in total. The zero-order valence-corrected chi connectivity index (χ0v) is 14.4. The van der Waals surface area contributed by atoms with Crippen LogP contribution in [0.5, 0.6) is 0 Å². The summed E-state index contributed by atoms with van der Waals surface area (Å²) >= 11 is 0. The van der Waals surface area contributed by atoms with E-state index in [1.807, 2.05) is 0 Å². The molecule has 0 aromatic heterocycles. The van der Waals surface area contributed by atoms with E-state index in [9.17, 15) is 0 Å². The van der Waals surface area contributed by atoms with Crippen molar-refractivity contribution >= 4 is 29.4 Å². The van der Waals surface area contributed by atoms with Crippen LogP contribution in [0.3, 0.4) is 0 Å². The molecule has 3 aromatic carbocycles. The number of benzene rings is 3. The van der Waals surface area contributed by atoms with E-state index in [2.05, 4.69) is 91.0 Å². The van der Waals surface area contributed by atoms with Gasteiger partial charge in [0.2, 0.25) is 0 Å². The van der Waals surface area contributed by atoms with E-state index in [-0.39, 0.29) is 0 Å². The molecule has 22 heavy (non-hydrogen) atoms. The molecule has 0 bridgehead atoms. The van der Waals surface area contributed by atoms with Crippen LogP contribution in [0.4, 0.5) is 0 Å². The van der Waals surface area contributed by atoms with Gasteiger partial charge in [-0.15, -0.1) is 0 Å². The maximum absolute atomic E-state index is 2.27. The predicted octanol–water partition coefficient (Wildman–Crippen LogP) is 3.21. The van der Waals surface area contributed by atoms with Gasteiger partial charge in [0.25, 0.3) is 0 Å². The van der Waals surface area contributed by atoms with Gasteiger partial charge >= 0.3 is 0 Å². The smallest absolute Gasteiger partial charge is 0.0642 e. The molecule has 4 radical (unpaired) electrons. The average molecular weight is 315 g/mol. The summed E-state index contributed by atoms with van der Waals surface area (Å²) in [5, 5.41) is 2.91. The highest BCUT2D eigenvalue weighted by Crippen LogP contribution is 2.18. The van der Waals surface area contributed by atoms with Crippen molar-refractivity contribution < 1.29 is 0 Å². The summed E-state index contributed by atoms with van der Waals surface area (Å²) in [4.78, 5) is 0. The Labute approximate surface area is 137 Å². The molecular formula is C20H18Si2. The zero-order valence-electron chi connectivity index (χ0n) is 12.4. The van der Waals surface area contributed by atoms with Crippen LogP contribution in [0.25, 0.3) is 0 Å². The lowest BCUT2D eigenvalue weighted by Crippen LogP contribution is -2.25. The van der Waals surface area contributed by atoms with Crippen molar-refractivity contribution in [2.75, 3.05) is 0 Å². The molecule has 0 heterocycles. The Hall–Kier alpha value is -1.91. The largest absolute Gasteiger partial charge is 0.0887 e. The summed E-state index contributed by atoms with van der Waals surface area (Å²) in [6.07, 6.45) is 0. The third kappa shape index (κ3) is 4.29. The van der Waals surface area contributed by atoms with Crippen molar-refractivity contribution in [3.05, 3.63) is 96.6 Å². The van der Waals surface area contributed by atoms with Gasteiger partial charge < -0.3 is 0 Å². The first-order chi connectivity index (χ1) is 10.9. The second-order valence-electron chi connectivity index (χ2n) is 5.22. The highest BCUT2D eigenvalue weighted by atomic mass is 28.2. The van der Waals surface area contributed by atoms with Gasteiger partial charge in [0.15, 0.2) is 0 Å². The van der Waals surface area contributed by atoms with E-state index in [0.717, 1.165) is 19.0 Å². The van der Waals surface area contributed by atoms with Gasteiger partial charge in [-0.2, -0.15) is 0 Å². The standard InChI is InChI=1S/C20H18Si2/c1-4-10-17(11-5-1)20(22-19-14-8-3-9-15-19)16-21-18-12-6-2-7-13-18/h1-15,20H,16H2. The van der Waals surface area contributed by atoms with Gasteiger partial charge in [-0.25, -0.2) is 0 Å². The first kappa shape index (κ1) is 15.0. The van der Waals surface area contributed by atoms with Crippen molar-refractivity contribution in [1.29, 1.82) is 0 Å². The number of hydrogen-bond donors (Lipinski definition) is 0. The van der Waals surface area contributed by atoms with E-state index >= 15 is 0 Å². The minimum atomic E-state index is 0.613. The predicted molar refractivity (Wildman–Crippen MR) is 97.7 cm³/mol. The molecule has 1 unspecified atom stereocenters. The summed E-state index contributed by atoms with van der Waals surface area (Å²) in [6, 6.07) is 33.9. The SMILES string of the molecule is c1ccc([Si]CC([Si]c2ccccc2)c2ccccc2)cc1. The quantitative estimate of drug-likeness (QED) is 0.613. The van der Waals surface area contributed by atoms with E-state index in [0.29, 0.717) is 5.54 Å². The fourth-order valence-electron chi connectivity index (χ4n) is 2.45. The fourth-order valence-corrected chi connectivity index (χ4v) is 5.41. The number of hydrogen-bond acceptors (Lipinski definition) is 0. The van der Waals surface area contributed by atoms with Crippen LogP contribution >= 0.6 is 0 Å². The van der Waals surface area contributed by atoms with E-state index < -0.39 is 0 Å². The molecule has 106 valence electrons. The Morgan fingerprint density at radius 1 is 0.591 bits per heavy atom. The molecule has 0 amide bonds. The molecular weight excluding hydrogens is 296 g/mol. The molecule has 0 aliphatic rings. The second kappa shape index (κ2) is 7.92. The molecule has 3 aromatic rings. The van der Waals surface area contributed by atoms with Crippen LogP contribution < -0.4 is 10.4 Å². The third-order valence-electron chi connectivity index (χ3n) is 3.60. The molecule has 0 saturated heterocycles. The van der Waals surface area contributed by atoms with Crippen molar-refractivity contribution in [3.8, 4) is 0 Å². The van der Waals surface area contributed by atoms with Crippen LogP contribution in [-0.2, 0) is 0 Å². The van der Waals surface area contributed by atoms with Crippen LogP contribution in [0, 0.1) is 0 Å². The first-order valence-electron chi connectivity index (χ1n) is 7.57. The highest BCUT2D eigenvalue weighted by molar-refractivity contribution is 6.60. The minimum Gasteiger partial charge on any atom is -0.0642 e. The molecule has 2 heteroatoms. The molecule has 0 saturated carbocycles. The minimum absolute atomic E-state index is 0.613. The van der Waals surface area contributed by atoms with Gasteiger partial charge in [-0.05, 0) is 11.1 Å². The summed E-state index contributed by atoms with van der Waals surface area (Å²) in [6.45, 7) is 0. The Kier molecular flexibility index (Phi) is 5.40. The van der Waals surface area contributed by atoms with Crippen LogP contribution in [-0.4, -0.2) is 19.0 Å². The van der Waals surface area contributed by atoms with Gasteiger partial charge in [0.05, 0.1) is 19.0 Å². The van der Waals surface area contributed by atoms with E-state index in [4.69, 9.17) is 0 Å². The maximum Gasteiger partial charge on any atom is 0.0887 e. The molecule has 3 rings (SSSR count). The van der Waals surface area contributed by atoms with E-state index in [1.54, 1.807) is 0 Å². The molecule has 0 N–H and O–H groups in total. The normalized spacial score (nSPS) is 12.0. The Morgan fingerprint density at radius 3 is 1.68 bits per heavy atom. The van der Waals surface area contributed by atoms with Crippen LogP contribution in [0.2, 0.25) is 6.04 Å². The van der Waals surface area contributed by atoms with Crippen molar-refractivity contribution in [2.24, 2.45) is 0 Å². The second-order valence-corrected chi connectivity index (χ2v) is 8.12. The third-order valence-corrected chi connectivity index (χ3v) is 6.92. The lowest BCUT2D eigenvalue weighted by Gasteiger charge is -2.16. The molecule has 0 fully saturated rings. The lowest BCUT2D eigenvalue weighted by atomic mass is 10.2. The summed E-state index contributed by atoms with van der Waals surface area (Å²) < 4.78 is 0. The fraction of sp³-hybridized carbons (Fsp3) is 0.100. The van der Waals surface area contributed by atoms with Gasteiger partial charge in [0, 0.05) is 0 Å².